The molecule has 0 aliphatic carbocycles. The zero-order valence-electron chi connectivity index (χ0n) is 16.2. The summed E-state index contributed by atoms with van der Waals surface area (Å²) in [5.74, 6) is 1.52. The van der Waals surface area contributed by atoms with Crippen LogP contribution in [0.5, 0.6) is 5.75 Å². The van der Waals surface area contributed by atoms with Crippen LogP contribution in [0.3, 0.4) is 0 Å². The Morgan fingerprint density at radius 3 is 2.66 bits per heavy atom. The number of nitrogens with zero attached hydrogens (tertiary/aromatic N) is 2. The van der Waals surface area contributed by atoms with E-state index in [1.54, 1.807) is 13.3 Å². The van der Waals surface area contributed by atoms with Crippen LogP contribution in [-0.2, 0) is 0 Å². The van der Waals surface area contributed by atoms with Crippen LogP contribution >= 0.6 is 11.6 Å². The number of H-pyrrole nitrogens is 1. The maximum absolute atomic E-state index is 6.22. The lowest BCUT2D eigenvalue weighted by atomic mass is 9.99. The lowest BCUT2D eigenvalue weighted by Gasteiger charge is -2.09. The van der Waals surface area contributed by atoms with Crippen molar-refractivity contribution in [3.8, 4) is 28.1 Å². The first kappa shape index (κ1) is 17.8. The van der Waals surface area contributed by atoms with Crippen LogP contribution in [0.4, 0.5) is 0 Å². The number of nitrogens with one attached hydrogen (secondary N) is 1. The standard InChI is InChI=1S/C23H18ClN3O2/c1-12-21(13(2)29-27-12)17-10-19-16(11-20(17)28-3)22-18(26-19)7-8-25-23(22)14-5-4-6-15(24)9-14/h4-11,26H,1-3H3. The predicted octanol–water partition coefficient (Wildman–Crippen LogP) is 6.32. The monoisotopic (exact) mass is 403 g/mol. The Bertz CT molecular complexity index is 1360. The molecule has 0 fully saturated rings. The van der Waals surface area contributed by atoms with Gasteiger partial charge in [-0.05, 0) is 44.2 Å². The summed E-state index contributed by atoms with van der Waals surface area (Å²) in [6, 6.07) is 13.8. The predicted molar refractivity (Wildman–Crippen MR) is 116 cm³/mol. The zero-order chi connectivity index (χ0) is 20.1. The van der Waals surface area contributed by atoms with Crippen molar-refractivity contribution in [2.75, 3.05) is 7.11 Å². The zero-order valence-corrected chi connectivity index (χ0v) is 17.0. The van der Waals surface area contributed by atoms with Gasteiger partial charge in [0.25, 0.3) is 0 Å². The largest absolute Gasteiger partial charge is 0.496 e. The van der Waals surface area contributed by atoms with Crippen LogP contribution in [-0.4, -0.2) is 22.2 Å². The van der Waals surface area contributed by atoms with Crippen LogP contribution in [0.1, 0.15) is 11.5 Å². The van der Waals surface area contributed by atoms with Gasteiger partial charge in [0, 0.05) is 38.6 Å². The molecule has 0 aliphatic heterocycles. The van der Waals surface area contributed by atoms with Crippen molar-refractivity contribution in [2.45, 2.75) is 13.8 Å². The summed E-state index contributed by atoms with van der Waals surface area (Å²) in [5.41, 5.74) is 6.57. The first-order valence-corrected chi connectivity index (χ1v) is 9.62. The number of methoxy groups -OCH3 is 1. The van der Waals surface area contributed by atoms with E-state index >= 15 is 0 Å². The van der Waals surface area contributed by atoms with Crippen molar-refractivity contribution in [1.29, 1.82) is 0 Å². The molecule has 0 spiro atoms. The van der Waals surface area contributed by atoms with Crippen molar-refractivity contribution < 1.29 is 9.26 Å². The van der Waals surface area contributed by atoms with Gasteiger partial charge in [-0.15, -0.1) is 0 Å². The smallest absolute Gasteiger partial charge is 0.141 e. The molecule has 6 heteroatoms. The topological polar surface area (TPSA) is 63.9 Å². The molecule has 0 saturated carbocycles. The number of hydrogen-bond acceptors (Lipinski definition) is 4. The van der Waals surface area contributed by atoms with Gasteiger partial charge in [-0.3, -0.25) is 4.98 Å². The third-order valence-corrected chi connectivity index (χ3v) is 5.47. The number of aromatic nitrogens is 3. The lowest BCUT2D eigenvalue weighted by molar-refractivity contribution is 0.393. The van der Waals surface area contributed by atoms with Gasteiger partial charge in [0.2, 0.25) is 0 Å². The molecular weight excluding hydrogens is 386 g/mol. The quantitative estimate of drug-likeness (QED) is 0.383. The number of aromatic amines is 1. The number of benzene rings is 2. The molecule has 144 valence electrons. The molecule has 2 aromatic carbocycles. The Morgan fingerprint density at radius 2 is 1.93 bits per heavy atom. The van der Waals surface area contributed by atoms with E-state index in [0.717, 1.165) is 61.4 Å². The molecule has 0 amide bonds. The van der Waals surface area contributed by atoms with E-state index in [1.165, 1.54) is 0 Å². The summed E-state index contributed by atoms with van der Waals surface area (Å²) in [5, 5.41) is 6.84. The van der Waals surface area contributed by atoms with E-state index in [2.05, 4.69) is 21.2 Å². The minimum absolute atomic E-state index is 0.680. The van der Waals surface area contributed by atoms with Crippen molar-refractivity contribution in [3.05, 3.63) is 65.1 Å². The van der Waals surface area contributed by atoms with Gasteiger partial charge >= 0.3 is 0 Å². The van der Waals surface area contributed by atoms with Crippen LogP contribution < -0.4 is 4.74 Å². The molecule has 5 nitrogen and oxygen atoms in total. The summed E-state index contributed by atoms with van der Waals surface area (Å²) in [7, 11) is 1.67. The molecule has 3 heterocycles. The Hall–Kier alpha value is -3.31. The van der Waals surface area contributed by atoms with Crippen molar-refractivity contribution in [1.82, 2.24) is 15.1 Å². The molecule has 5 rings (SSSR count). The molecule has 0 aliphatic rings. The number of aryl methyl sites for hydroxylation is 2. The minimum Gasteiger partial charge on any atom is -0.496 e. The van der Waals surface area contributed by atoms with E-state index in [4.69, 9.17) is 20.9 Å². The highest BCUT2D eigenvalue weighted by Gasteiger charge is 2.20. The van der Waals surface area contributed by atoms with Crippen molar-refractivity contribution in [3.63, 3.8) is 0 Å². The molecule has 0 bridgehead atoms. The first-order chi connectivity index (χ1) is 14.1. The average molecular weight is 404 g/mol. The SMILES string of the molecule is COc1cc2c(cc1-c1c(C)noc1C)[nH]c1ccnc(-c3cccc(Cl)c3)c12. The molecule has 29 heavy (non-hydrogen) atoms. The second-order valence-corrected chi connectivity index (χ2v) is 7.45. The highest BCUT2D eigenvalue weighted by molar-refractivity contribution is 6.31. The number of hydrogen-bond donors (Lipinski definition) is 1. The molecule has 1 N–H and O–H groups in total. The Labute approximate surface area is 172 Å². The Balaban J connectivity index is 1.84. The number of pyridine rings is 1. The second-order valence-electron chi connectivity index (χ2n) is 7.01. The highest BCUT2D eigenvalue weighted by Crippen LogP contribution is 2.41. The molecule has 0 radical (unpaired) electrons. The van der Waals surface area contributed by atoms with E-state index in [0.29, 0.717) is 5.02 Å². The summed E-state index contributed by atoms with van der Waals surface area (Å²) in [4.78, 5) is 8.17. The van der Waals surface area contributed by atoms with Gasteiger partial charge in [-0.25, -0.2) is 0 Å². The number of rotatable bonds is 3. The molecule has 3 aromatic heterocycles. The summed E-state index contributed by atoms with van der Waals surface area (Å²) < 4.78 is 11.1. The summed E-state index contributed by atoms with van der Waals surface area (Å²) in [6.45, 7) is 3.84. The van der Waals surface area contributed by atoms with E-state index < -0.39 is 0 Å². The second kappa shape index (κ2) is 6.64. The first-order valence-electron chi connectivity index (χ1n) is 9.24. The molecule has 0 unspecified atom stereocenters. The maximum Gasteiger partial charge on any atom is 0.141 e. The van der Waals surface area contributed by atoms with Crippen LogP contribution in [0.2, 0.25) is 5.02 Å². The maximum atomic E-state index is 6.22. The van der Waals surface area contributed by atoms with Gasteiger partial charge in [-0.1, -0.05) is 28.9 Å². The van der Waals surface area contributed by atoms with Gasteiger partial charge in [0.1, 0.15) is 11.5 Å². The Kier molecular flexibility index (Phi) is 4.07. The van der Waals surface area contributed by atoms with E-state index in [9.17, 15) is 0 Å². The summed E-state index contributed by atoms with van der Waals surface area (Å²) >= 11 is 6.22. The third kappa shape index (κ3) is 2.77. The number of ether oxygens (including phenoxy) is 1. The van der Waals surface area contributed by atoms with Gasteiger partial charge < -0.3 is 14.2 Å². The fraction of sp³-hybridized carbons (Fsp3) is 0.130. The normalized spacial score (nSPS) is 11.4. The molecule has 0 atom stereocenters. The van der Waals surface area contributed by atoms with Gasteiger partial charge in [-0.2, -0.15) is 0 Å². The Morgan fingerprint density at radius 1 is 1.07 bits per heavy atom. The highest BCUT2D eigenvalue weighted by atomic mass is 35.5. The van der Waals surface area contributed by atoms with Gasteiger partial charge in [0.15, 0.2) is 0 Å². The fourth-order valence-corrected chi connectivity index (χ4v) is 4.15. The van der Waals surface area contributed by atoms with Crippen LogP contribution in [0, 0.1) is 13.8 Å². The van der Waals surface area contributed by atoms with Gasteiger partial charge in [0.05, 0.1) is 29.6 Å². The number of halogens is 1. The third-order valence-electron chi connectivity index (χ3n) is 5.23. The fourth-order valence-electron chi connectivity index (χ4n) is 3.96. The summed E-state index contributed by atoms with van der Waals surface area (Å²) in [6.07, 6.45) is 1.81. The van der Waals surface area contributed by atoms with E-state index in [-0.39, 0.29) is 0 Å². The molecule has 5 aromatic rings. The van der Waals surface area contributed by atoms with Crippen molar-refractivity contribution in [2.24, 2.45) is 0 Å². The molecule has 0 saturated heterocycles. The minimum atomic E-state index is 0.680. The van der Waals surface area contributed by atoms with E-state index in [1.807, 2.05) is 50.2 Å². The lowest BCUT2D eigenvalue weighted by Crippen LogP contribution is -1.90. The van der Waals surface area contributed by atoms with Crippen molar-refractivity contribution >= 4 is 33.4 Å². The molecular formula is C23H18ClN3O2. The number of fused-ring (bicyclic) bond motifs is 3. The van der Waals surface area contributed by atoms with Crippen LogP contribution in [0.25, 0.3) is 44.2 Å². The average Bonchev–Trinajstić information content (AvgIpc) is 3.25. The van der Waals surface area contributed by atoms with Crippen LogP contribution in [0.15, 0.2) is 53.2 Å².